The number of hydrogen-bond donors (Lipinski definition) is 1. The quantitative estimate of drug-likeness (QED) is 0.663. The van der Waals surface area contributed by atoms with E-state index in [9.17, 15) is 5.11 Å². The monoisotopic (exact) mass is 323 g/mol. The molecule has 0 saturated carbocycles. The molecular formula is C13H10INO. The van der Waals surface area contributed by atoms with E-state index in [4.69, 9.17) is 0 Å². The van der Waals surface area contributed by atoms with Crippen LogP contribution in [0.15, 0.2) is 53.5 Å². The molecule has 0 radical (unpaired) electrons. The van der Waals surface area contributed by atoms with E-state index in [1.165, 1.54) is 3.57 Å². The highest BCUT2D eigenvalue weighted by atomic mass is 127. The van der Waals surface area contributed by atoms with E-state index < -0.39 is 0 Å². The predicted octanol–water partition coefficient (Wildman–Crippen LogP) is 3.75. The zero-order chi connectivity index (χ0) is 11.4. The van der Waals surface area contributed by atoms with Crippen molar-refractivity contribution in [2.45, 2.75) is 0 Å². The van der Waals surface area contributed by atoms with Gasteiger partial charge in [0.25, 0.3) is 0 Å². The number of nitrogens with zero attached hydrogens (tertiary/aromatic N) is 1. The minimum atomic E-state index is 0.256. The van der Waals surface area contributed by atoms with Crippen molar-refractivity contribution in [1.29, 1.82) is 0 Å². The number of aliphatic imine (C=N–C) groups is 1. The lowest BCUT2D eigenvalue weighted by atomic mass is 10.2. The normalized spacial score (nSPS) is 10.8. The van der Waals surface area contributed by atoms with Crippen molar-refractivity contribution in [3.63, 3.8) is 0 Å². The second kappa shape index (κ2) is 5.12. The van der Waals surface area contributed by atoms with Gasteiger partial charge in [0, 0.05) is 9.78 Å². The van der Waals surface area contributed by atoms with Crippen LogP contribution in [0.2, 0.25) is 0 Å². The molecule has 0 spiro atoms. The van der Waals surface area contributed by atoms with E-state index in [0.29, 0.717) is 0 Å². The van der Waals surface area contributed by atoms with Gasteiger partial charge in [-0.25, -0.2) is 0 Å². The Kier molecular flexibility index (Phi) is 3.56. The molecule has 0 atom stereocenters. The van der Waals surface area contributed by atoms with Crippen LogP contribution in [0.1, 0.15) is 5.56 Å². The van der Waals surface area contributed by atoms with Gasteiger partial charge in [0.2, 0.25) is 0 Å². The number of aromatic hydroxyl groups is 1. The van der Waals surface area contributed by atoms with E-state index in [1.54, 1.807) is 24.4 Å². The van der Waals surface area contributed by atoms with Gasteiger partial charge in [-0.1, -0.05) is 12.1 Å². The third-order valence-electron chi connectivity index (χ3n) is 2.06. The molecule has 2 aromatic rings. The molecule has 0 bridgehead atoms. The Morgan fingerprint density at radius 2 is 1.81 bits per heavy atom. The number of phenolic OH excluding ortho intramolecular Hbond substituents is 1. The molecule has 2 rings (SSSR count). The summed E-state index contributed by atoms with van der Waals surface area (Å²) in [7, 11) is 0. The predicted molar refractivity (Wildman–Crippen MR) is 74.5 cm³/mol. The summed E-state index contributed by atoms with van der Waals surface area (Å²) in [6.45, 7) is 0. The first kappa shape index (κ1) is 11.1. The largest absolute Gasteiger partial charge is 0.508 e. The molecule has 0 saturated heterocycles. The van der Waals surface area contributed by atoms with Gasteiger partial charge in [-0.15, -0.1) is 0 Å². The van der Waals surface area contributed by atoms with Gasteiger partial charge in [-0.3, -0.25) is 4.99 Å². The highest BCUT2D eigenvalue weighted by molar-refractivity contribution is 14.1. The van der Waals surface area contributed by atoms with Gasteiger partial charge < -0.3 is 5.11 Å². The van der Waals surface area contributed by atoms with Gasteiger partial charge in [0.1, 0.15) is 5.75 Å². The molecule has 0 unspecified atom stereocenters. The minimum absolute atomic E-state index is 0.256. The molecule has 1 N–H and O–H groups in total. The van der Waals surface area contributed by atoms with Crippen molar-refractivity contribution in [2.24, 2.45) is 4.99 Å². The lowest BCUT2D eigenvalue weighted by Crippen LogP contribution is -1.79. The molecule has 0 aromatic heterocycles. The summed E-state index contributed by atoms with van der Waals surface area (Å²) in [6.07, 6.45) is 1.74. The van der Waals surface area contributed by atoms with Crippen molar-refractivity contribution in [2.75, 3.05) is 0 Å². The summed E-state index contributed by atoms with van der Waals surface area (Å²) in [5, 5.41) is 9.28. The van der Waals surface area contributed by atoms with Crippen molar-refractivity contribution in [3.8, 4) is 5.75 Å². The Balaban J connectivity index is 2.18. The average Bonchev–Trinajstić information content (AvgIpc) is 2.28. The smallest absolute Gasteiger partial charge is 0.116 e. The molecule has 0 aliphatic rings. The summed E-state index contributed by atoms with van der Waals surface area (Å²) in [5.74, 6) is 0.256. The van der Waals surface area contributed by atoms with E-state index in [0.717, 1.165) is 11.3 Å². The molecule has 80 valence electrons. The SMILES string of the molecule is Oc1cccc(C=Nc2ccc(I)cc2)c1. The maximum absolute atomic E-state index is 9.28. The van der Waals surface area contributed by atoms with Crippen LogP contribution in [0.4, 0.5) is 5.69 Å². The fourth-order valence-corrected chi connectivity index (χ4v) is 1.64. The first-order chi connectivity index (χ1) is 7.74. The van der Waals surface area contributed by atoms with Gasteiger partial charge in [-0.05, 0) is 64.6 Å². The molecule has 3 heteroatoms. The lowest BCUT2D eigenvalue weighted by Gasteiger charge is -1.95. The maximum atomic E-state index is 9.28. The molecule has 0 aliphatic carbocycles. The Hall–Kier alpha value is -1.36. The Labute approximate surface area is 108 Å². The van der Waals surface area contributed by atoms with Gasteiger partial charge in [0.05, 0.1) is 5.69 Å². The summed E-state index contributed by atoms with van der Waals surface area (Å²) in [5.41, 5.74) is 1.79. The maximum Gasteiger partial charge on any atom is 0.116 e. The van der Waals surface area contributed by atoms with Crippen LogP contribution in [0.3, 0.4) is 0 Å². The fourth-order valence-electron chi connectivity index (χ4n) is 1.28. The third kappa shape index (κ3) is 3.06. The van der Waals surface area contributed by atoms with Gasteiger partial charge >= 0.3 is 0 Å². The van der Waals surface area contributed by atoms with Crippen molar-refractivity contribution in [3.05, 3.63) is 57.7 Å². The van der Waals surface area contributed by atoms with E-state index in [1.807, 2.05) is 30.3 Å². The number of hydrogen-bond acceptors (Lipinski definition) is 2. The van der Waals surface area contributed by atoms with Crippen molar-refractivity contribution < 1.29 is 5.11 Å². The lowest BCUT2D eigenvalue weighted by molar-refractivity contribution is 0.475. The first-order valence-electron chi connectivity index (χ1n) is 4.83. The van der Waals surface area contributed by atoms with Crippen LogP contribution in [0.25, 0.3) is 0 Å². The van der Waals surface area contributed by atoms with Crippen LogP contribution in [-0.4, -0.2) is 11.3 Å². The molecule has 0 aliphatic heterocycles. The van der Waals surface area contributed by atoms with Crippen LogP contribution < -0.4 is 0 Å². The van der Waals surface area contributed by atoms with Crippen molar-refractivity contribution >= 4 is 34.5 Å². The fraction of sp³-hybridized carbons (Fsp3) is 0. The second-order valence-electron chi connectivity index (χ2n) is 3.33. The highest BCUT2D eigenvalue weighted by Crippen LogP contribution is 2.15. The standard InChI is InChI=1S/C13H10INO/c14-11-4-6-12(7-5-11)15-9-10-2-1-3-13(16)8-10/h1-9,16H. The number of phenols is 1. The first-order valence-corrected chi connectivity index (χ1v) is 5.90. The second-order valence-corrected chi connectivity index (χ2v) is 4.58. The van der Waals surface area contributed by atoms with Gasteiger partial charge in [0.15, 0.2) is 0 Å². The van der Waals surface area contributed by atoms with Crippen LogP contribution >= 0.6 is 22.6 Å². The zero-order valence-corrected chi connectivity index (χ0v) is 10.6. The molecule has 2 aromatic carbocycles. The Bertz CT molecular complexity index is 506. The Morgan fingerprint density at radius 1 is 1.06 bits per heavy atom. The molecule has 0 fully saturated rings. The summed E-state index contributed by atoms with van der Waals surface area (Å²) in [6, 6.07) is 15.0. The minimum Gasteiger partial charge on any atom is -0.508 e. The van der Waals surface area contributed by atoms with E-state index in [2.05, 4.69) is 27.6 Å². The zero-order valence-electron chi connectivity index (χ0n) is 8.47. The molecule has 2 nitrogen and oxygen atoms in total. The third-order valence-corrected chi connectivity index (χ3v) is 2.78. The number of benzene rings is 2. The summed E-state index contributed by atoms with van der Waals surface area (Å²) in [4.78, 5) is 4.32. The van der Waals surface area contributed by atoms with Crippen LogP contribution in [0, 0.1) is 3.57 Å². The highest BCUT2D eigenvalue weighted by Gasteiger charge is 1.91. The summed E-state index contributed by atoms with van der Waals surface area (Å²) >= 11 is 2.26. The topological polar surface area (TPSA) is 32.6 Å². The van der Waals surface area contributed by atoms with E-state index in [-0.39, 0.29) is 5.75 Å². The van der Waals surface area contributed by atoms with Crippen LogP contribution in [-0.2, 0) is 0 Å². The summed E-state index contributed by atoms with van der Waals surface area (Å²) < 4.78 is 1.19. The molecule has 0 amide bonds. The molecule has 16 heavy (non-hydrogen) atoms. The van der Waals surface area contributed by atoms with Gasteiger partial charge in [-0.2, -0.15) is 0 Å². The van der Waals surface area contributed by atoms with E-state index >= 15 is 0 Å². The van der Waals surface area contributed by atoms with Crippen LogP contribution in [0.5, 0.6) is 5.75 Å². The molecular weight excluding hydrogens is 313 g/mol. The average molecular weight is 323 g/mol. The molecule has 0 heterocycles. The van der Waals surface area contributed by atoms with Crippen molar-refractivity contribution in [1.82, 2.24) is 0 Å². The number of halogens is 1. The Morgan fingerprint density at radius 3 is 2.50 bits per heavy atom. The number of rotatable bonds is 2.